The molecule has 1 aliphatic rings. The number of fused-ring (bicyclic) bond motifs is 1. The molecule has 0 bridgehead atoms. The van der Waals surface area contributed by atoms with Gasteiger partial charge in [-0.15, -0.1) is 10.2 Å². The van der Waals surface area contributed by atoms with Gasteiger partial charge in [-0.3, -0.25) is 18.6 Å². The molecule has 0 saturated heterocycles. The van der Waals surface area contributed by atoms with Gasteiger partial charge >= 0.3 is 5.56 Å². The number of benzene rings is 1. The second-order valence-electron chi connectivity index (χ2n) is 7.01. The normalized spacial score (nSPS) is 14.8. The number of carbonyl (C=O) groups excluding carboxylic acids is 1. The van der Waals surface area contributed by atoms with Crippen LogP contribution in [0.4, 0.5) is 0 Å². The Hall–Kier alpha value is -2.81. The maximum atomic E-state index is 12.9. The molecule has 29 heavy (non-hydrogen) atoms. The van der Waals surface area contributed by atoms with Gasteiger partial charge in [-0.2, -0.15) is 0 Å². The monoisotopic (exact) mass is 413 g/mol. The number of methoxy groups -OCH3 is 1. The molecule has 0 aliphatic heterocycles. The predicted octanol–water partition coefficient (Wildman–Crippen LogP) is 2.43. The number of aromatic nitrogens is 4. The predicted molar refractivity (Wildman–Crippen MR) is 111 cm³/mol. The van der Waals surface area contributed by atoms with Crippen LogP contribution in [0.3, 0.4) is 0 Å². The van der Waals surface area contributed by atoms with Crippen LogP contribution in [0.15, 0.2) is 46.6 Å². The van der Waals surface area contributed by atoms with Gasteiger partial charge in [-0.1, -0.05) is 43.2 Å². The van der Waals surface area contributed by atoms with E-state index < -0.39 is 0 Å². The molecule has 1 N–H and O–H groups in total. The van der Waals surface area contributed by atoms with Crippen LogP contribution in [-0.4, -0.2) is 44.0 Å². The van der Waals surface area contributed by atoms with E-state index in [0.29, 0.717) is 16.6 Å². The lowest BCUT2D eigenvalue weighted by atomic mass is 9.95. The standard InChI is InChI=1S/C20H23N5O3S/c1-28-16-10-6-5-9-15(16)24-11-12-25-18(19(24)27)22-23-20(25)29-13-17(26)21-14-7-3-2-4-8-14/h5-6,9-12,14H,2-4,7-8,13H2,1H3,(H,21,26). The number of para-hydroxylation sites is 2. The summed E-state index contributed by atoms with van der Waals surface area (Å²) in [4.78, 5) is 25.2. The van der Waals surface area contributed by atoms with E-state index in [2.05, 4.69) is 15.5 Å². The molecule has 0 unspecified atom stereocenters. The number of nitrogens with one attached hydrogen (secondary N) is 1. The molecule has 3 aromatic rings. The van der Waals surface area contributed by atoms with E-state index in [4.69, 9.17) is 4.74 Å². The van der Waals surface area contributed by atoms with Crippen molar-refractivity contribution in [3.63, 3.8) is 0 Å². The quantitative estimate of drug-likeness (QED) is 0.624. The molecular formula is C20H23N5O3S. The SMILES string of the molecule is COc1ccccc1-n1ccn2c(SCC(=O)NC3CCCCC3)nnc2c1=O. The molecule has 1 saturated carbocycles. The summed E-state index contributed by atoms with van der Waals surface area (Å²) in [6, 6.07) is 7.56. The molecule has 8 nitrogen and oxygen atoms in total. The summed E-state index contributed by atoms with van der Waals surface area (Å²) in [7, 11) is 1.56. The average molecular weight is 414 g/mol. The van der Waals surface area contributed by atoms with Crippen molar-refractivity contribution in [3.8, 4) is 11.4 Å². The highest BCUT2D eigenvalue weighted by Gasteiger charge is 2.18. The summed E-state index contributed by atoms with van der Waals surface area (Å²) in [6.45, 7) is 0. The number of carbonyl (C=O) groups is 1. The molecule has 9 heteroatoms. The topological polar surface area (TPSA) is 90.5 Å². The highest BCUT2D eigenvalue weighted by atomic mass is 32.2. The zero-order valence-corrected chi connectivity index (χ0v) is 17.0. The van der Waals surface area contributed by atoms with Crippen LogP contribution < -0.4 is 15.6 Å². The van der Waals surface area contributed by atoms with Crippen molar-refractivity contribution in [2.45, 2.75) is 43.3 Å². The van der Waals surface area contributed by atoms with E-state index in [9.17, 15) is 9.59 Å². The van der Waals surface area contributed by atoms with E-state index in [1.807, 2.05) is 12.1 Å². The van der Waals surface area contributed by atoms with Gasteiger partial charge in [0.15, 0.2) is 5.16 Å². The Morgan fingerprint density at radius 3 is 2.79 bits per heavy atom. The molecule has 1 aromatic carbocycles. The lowest BCUT2D eigenvalue weighted by molar-refractivity contribution is -0.119. The van der Waals surface area contributed by atoms with Crippen molar-refractivity contribution in [2.75, 3.05) is 12.9 Å². The molecule has 4 rings (SSSR count). The van der Waals surface area contributed by atoms with Gasteiger partial charge in [0.05, 0.1) is 18.6 Å². The Bertz CT molecular complexity index is 1070. The molecule has 0 radical (unpaired) electrons. The van der Waals surface area contributed by atoms with Crippen LogP contribution in [0.5, 0.6) is 5.75 Å². The Kier molecular flexibility index (Phi) is 5.84. The van der Waals surface area contributed by atoms with E-state index in [0.717, 1.165) is 12.8 Å². The molecule has 2 heterocycles. The van der Waals surface area contributed by atoms with Gasteiger partial charge in [0.1, 0.15) is 5.75 Å². The maximum Gasteiger partial charge on any atom is 0.300 e. The second-order valence-corrected chi connectivity index (χ2v) is 7.95. The summed E-state index contributed by atoms with van der Waals surface area (Å²) in [5, 5.41) is 11.7. The van der Waals surface area contributed by atoms with Gasteiger partial charge in [-0.25, -0.2) is 0 Å². The van der Waals surface area contributed by atoms with Gasteiger partial charge in [0.25, 0.3) is 0 Å². The summed E-state index contributed by atoms with van der Waals surface area (Å²) >= 11 is 1.28. The average Bonchev–Trinajstić information content (AvgIpc) is 3.17. The molecule has 0 spiro atoms. The number of hydrogen-bond acceptors (Lipinski definition) is 6. The Balaban J connectivity index is 1.51. The second kappa shape index (κ2) is 8.69. The van der Waals surface area contributed by atoms with E-state index >= 15 is 0 Å². The van der Waals surface area contributed by atoms with Crippen LogP contribution in [0.2, 0.25) is 0 Å². The lowest BCUT2D eigenvalue weighted by Gasteiger charge is -2.22. The molecule has 1 amide bonds. The van der Waals surface area contributed by atoms with Crippen molar-refractivity contribution in [1.29, 1.82) is 0 Å². The highest BCUT2D eigenvalue weighted by Crippen LogP contribution is 2.22. The van der Waals surface area contributed by atoms with Crippen molar-refractivity contribution in [3.05, 3.63) is 47.0 Å². The molecule has 2 aromatic heterocycles. The van der Waals surface area contributed by atoms with E-state index in [-0.39, 0.29) is 28.9 Å². The lowest BCUT2D eigenvalue weighted by Crippen LogP contribution is -2.37. The number of hydrogen-bond donors (Lipinski definition) is 1. The zero-order chi connectivity index (χ0) is 20.2. The maximum absolute atomic E-state index is 12.9. The molecule has 1 fully saturated rings. The largest absolute Gasteiger partial charge is 0.495 e. The summed E-state index contributed by atoms with van der Waals surface area (Å²) in [5.41, 5.74) is 0.531. The van der Waals surface area contributed by atoms with E-state index in [1.54, 1.807) is 36.0 Å². The van der Waals surface area contributed by atoms with Crippen molar-refractivity contribution in [1.82, 2.24) is 24.5 Å². The fourth-order valence-electron chi connectivity index (χ4n) is 3.63. The smallest absolute Gasteiger partial charge is 0.300 e. The van der Waals surface area contributed by atoms with Crippen LogP contribution in [-0.2, 0) is 4.79 Å². The van der Waals surface area contributed by atoms with Crippen LogP contribution >= 0.6 is 11.8 Å². The van der Waals surface area contributed by atoms with Crippen LogP contribution in [0, 0.1) is 0 Å². The highest BCUT2D eigenvalue weighted by molar-refractivity contribution is 7.99. The van der Waals surface area contributed by atoms with Crippen LogP contribution in [0.25, 0.3) is 11.3 Å². The van der Waals surface area contributed by atoms with Gasteiger partial charge < -0.3 is 10.1 Å². The van der Waals surface area contributed by atoms with Gasteiger partial charge in [0.2, 0.25) is 11.6 Å². The minimum Gasteiger partial charge on any atom is -0.495 e. The molecule has 0 atom stereocenters. The van der Waals surface area contributed by atoms with Crippen molar-refractivity contribution < 1.29 is 9.53 Å². The summed E-state index contributed by atoms with van der Waals surface area (Å²) < 4.78 is 8.45. The third-order valence-electron chi connectivity index (χ3n) is 5.09. The zero-order valence-electron chi connectivity index (χ0n) is 16.2. The molecule has 152 valence electrons. The number of amides is 1. The van der Waals surface area contributed by atoms with Crippen molar-refractivity contribution in [2.24, 2.45) is 0 Å². The number of rotatable bonds is 6. The third-order valence-corrected chi connectivity index (χ3v) is 6.03. The van der Waals surface area contributed by atoms with Gasteiger partial charge in [-0.05, 0) is 25.0 Å². The first-order valence-corrected chi connectivity index (χ1v) is 10.7. The first-order chi connectivity index (χ1) is 14.2. The van der Waals surface area contributed by atoms with E-state index in [1.165, 1.54) is 35.6 Å². The Labute approximate surface area is 172 Å². The van der Waals surface area contributed by atoms with Gasteiger partial charge in [0, 0.05) is 18.4 Å². The summed E-state index contributed by atoms with van der Waals surface area (Å²) in [6.07, 6.45) is 9.07. The minimum absolute atomic E-state index is 0.0129. The minimum atomic E-state index is -0.303. The third kappa shape index (κ3) is 4.14. The number of nitrogens with zero attached hydrogens (tertiary/aromatic N) is 4. The first kappa shape index (κ1) is 19.5. The number of ether oxygens (including phenoxy) is 1. The van der Waals surface area contributed by atoms with Crippen molar-refractivity contribution >= 4 is 23.3 Å². The Morgan fingerprint density at radius 1 is 1.21 bits per heavy atom. The molecular weight excluding hydrogens is 390 g/mol. The summed E-state index contributed by atoms with van der Waals surface area (Å²) in [5.74, 6) is 0.820. The van der Waals surface area contributed by atoms with Crippen LogP contribution in [0.1, 0.15) is 32.1 Å². The number of thioether (sulfide) groups is 1. The fourth-order valence-corrected chi connectivity index (χ4v) is 4.36. The molecule has 1 aliphatic carbocycles. The Morgan fingerprint density at radius 2 is 2.00 bits per heavy atom. The first-order valence-electron chi connectivity index (χ1n) is 9.69. The fraction of sp³-hybridized carbons (Fsp3) is 0.400.